The number of thiocarbonyl (C=S) groups is 1. The molecule has 1 aliphatic heterocycles. The Morgan fingerprint density at radius 2 is 2.30 bits per heavy atom. The van der Waals surface area contributed by atoms with Gasteiger partial charge in [-0.15, -0.1) is 0 Å². The van der Waals surface area contributed by atoms with Gasteiger partial charge in [-0.1, -0.05) is 24.0 Å². The van der Waals surface area contributed by atoms with E-state index in [9.17, 15) is 9.59 Å². The molecule has 2 heterocycles. The summed E-state index contributed by atoms with van der Waals surface area (Å²) in [6, 6.07) is 3.82. The molecule has 7 heteroatoms. The van der Waals surface area contributed by atoms with E-state index >= 15 is 0 Å². The van der Waals surface area contributed by atoms with Gasteiger partial charge in [0.15, 0.2) is 0 Å². The zero-order valence-electron chi connectivity index (χ0n) is 10.9. The van der Waals surface area contributed by atoms with Gasteiger partial charge in [-0.25, -0.2) is 0 Å². The number of carbonyl (C=O) groups excluding carboxylic acids is 1. The van der Waals surface area contributed by atoms with Gasteiger partial charge >= 0.3 is 5.97 Å². The number of thioether (sulfide) groups is 1. The molecule has 1 amide bonds. The summed E-state index contributed by atoms with van der Waals surface area (Å²) in [5.74, 6) is -1.01. The van der Waals surface area contributed by atoms with Crippen molar-refractivity contribution in [3.8, 4) is 0 Å². The minimum atomic E-state index is -0.866. The molecule has 1 fully saturated rings. The van der Waals surface area contributed by atoms with Gasteiger partial charge in [-0.3, -0.25) is 14.5 Å². The molecule has 0 spiro atoms. The van der Waals surface area contributed by atoms with Crippen LogP contribution in [-0.2, 0) is 16.6 Å². The summed E-state index contributed by atoms with van der Waals surface area (Å²) in [6.45, 7) is 0.349. The second-order valence-electron chi connectivity index (χ2n) is 4.37. The van der Waals surface area contributed by atoms with Gasteiger partial charge in [0.05, 0.1) is 4.91 Å². The first-order valence-electron chi connectivity index (χ1n) is 6.07. The maximum absolute atomic E-state index is 12.2. The zero-order chi connectivity index (χ0) is 14.7. The number of rotatable bonds is 5. The normalized spacial score (nSPS) is 17.2. The van der Waals surface area contributed by atoms with Crippen LogP contribution in [0.4, 0.5) is 0 Å². The highest BCUT2D eigenvalue weighted by atomic mass is 32.2. The Kier molecular flexibility index (Phi) is 4.61. The van der Waals surface area contributed by atoms with E-state index in [1.807, 2.05) is 29.9 Å². The van der Waals surface area contributed by atoms with Crippen LogP contribution in [0.3, 0.4) is 0 Å². The summed E-state index contributed by atoms with van der Waals surface area (Å²) in [5, 5.41) is 8.62. The molecule has 20 heavy (non-hydrogen) atoms. The Morgan fingerprint density at radius 1 is 1.55 bits per heavy atom. The lowest BCUT2D eigenvalue weighted by Gasteiger charge is -2.13. The van der Waals surface area contributed by atoms with Crippen molar-refractivity contribution in [3.63, 3.8) is 0 Å². The van der Waals surface area contributed by atoms with E-state index in [4.69, 9.17) is 17.3 Å². The standard InChI is InChI=1S/C13H14N2O3S2/c1-14-6-2-4-9(14)8-10-12(18)15(13(19)20-10)7-3-5-11(16)17/h2,4,6,8H,3,5,7H2,1H3,(H,16,17)/b10-8-. The van der Waals surface area contributed by atoms with Crippen LogP contribution in [0.1, 0.15) is 18.5 Å². The first-order valence-corrected chi connectivity index (χ1v) is 7.30. The van der Waals surface area contributed by atoms with Crippen molar-refractivity contribution < 1.29 is 14.7 Å². The summed E-state index contributed by atoms with van der Waals surface area (Å²) < 4.78 is 2.40. The minimum Gasteiger partial charge on any atom is -0.481 e. The fourth-order valence-electron chi connectivity index (χ4n) is 1.84. The molecule has 5 nitrogen and oxygen atoms in total. The quantitative estimate of drug-likeness (QED) is 0.666. The number of aliphatic carboxylic acids is 1. The molecule has 106 valence electrons. The molecule has 0 aromatic carbocycles. The number of carbonyl (C=O) groups is 2. The van der Waals surface area contributed by atoms with Crippen LogP contribution >= 0.6 is 24.0 Å². The largest absolute Gasteiger partial charge is 0.481 e. The monoisotopic (exact) mass is 310 g/mol. The summed E-state index contributed by atoms with van der Waals surface area (Å²) in [7, 11) is 1.90. The first-order chi connectivity index (χ1) is 9.49. The molecular formula is C13H14N2O3S2. The molecule has 1 aliphatic rings. The lowest BCUT2D eigenvalue weighted by atomic mass is 10.3. The maximum Gasteiger partial charge on any atom is 0.303 e. The van der Waals surface area contributed by atoms with Crippen molar-refractivity contribution in [2.45, 2.75) is 12.8 Å². The number of aromatic nitrogens is 1. The highest BCUT2D eigenvalue weighted by Gasteiger charge is 2.31. The number of aryl methyl sites for hydroxylation is 1. The topological polar surface area (TPSA) is 62.5 Å². The highest BCUT2D eigenvalue weighted by Crippen LogP contribution is 2.32. The summed E-state index contributed by atoms with van der Waals surface area (Å²) in [4.78, 5) is 24.8. The Balaban J connectivity index is 2.07. The number of hydrogen-bond acceptors (Lipinski definition) is 4. The first kappa shape index (κ1) is 14.8. The van der Waals surface area contributed by atoms with Crippen molar-refractivity contribution in [3.05, 3.63) is 28.9 Å². The van der Waals surface area contributed by atoms with Crippen LogP contribution in [0.25, 0.3) is 6.08 Å². The molecule has 0 aliphatic carbocycles. The van der Waals surface area contributed by atoms with Crippen molar-refractivity contribution >= 4 is 46.3 Å². The lowest BCUT2D eigenvalue weighted by Crippen LogP contribution is -2.29. The van der Waals surface area contributed by atoms with E-state index in [0.29, 0.717) is 22.2 Å². The summed E-state index contributed by atoms with van der Waals surface area (Å²) in [5.41, 5.74) is 0.927. The van der Waals surface area contributed by atoms with E-state index in [1.54, 1.807) is 6.08 Å². The zero-order valence-corrected chi connectivity index (χ0v) is 12.5. The average molecular weight is 310 g/mol. The van der Waals surface area contributed by atoms with Gasteiger partial charge < -0.3 is 9.67 Å². The molecular weight excluding hydrogens is 296 g/mol. The van der Waals surface area contributed by atoms with Crippen molar-refractivity contribution in [2.75, 3.05) is 6.54 Å². The molecule has 0 radical (unpaired) electrons. The highest BCUT2D eigenvalue weighted by molar-refractivity contribution is 8.26. The minimum absolute atomic E-state index is 0.0356. The number of nitrogens with zero attached hydrogens (tertiary/aromatic N) is 2. The van der Waals surface area contributed by atoms with Crippen LogP contribution in [0.15, 0.2) is 23.2 Å². The molecule has 1 N–H and O–H groups in total. The van der Waals surface area contributed by atoms with Gasteiger partial charge in [0.1, 0.15) is 4.32 Å². The van der Waals surface area contributed by atoms with Crippen LogP contribution in [0.5, 0.6) is 0 Å². The predicted molar refractivity (Wildman–Crippen MR) is 82.2 cm³/mol. The summed E-state index contributed by atoms with van der Waals surface area (Å²) >= 11 is 6.43. The Labute approximate surface area is 126 Å². The van der Waals surface area contributed by atoms with E-state index in [2.05, 4.69) is 0 Å². The van der Waals surface area contributed by atoms with Crippen LogP contribution in [0.2, 0.25) is 0 Å². The second kappa shape index (κ2) is 6.23. The predicted octanol–water partition coefficient (Wildman–Crippen LogP) is 2.09. The number of hydrogen-bond donors (Lipinski definition) is 1. The van der Waals surface area contributed by atoms with E-state index in [0.717, 1.165) is 5.69 Å². The van der Waals surface area contributed by atoms with Gasteiger partial charge in [-0.2, -0.15) is 0 Å². The van der Waals surface area contributed by atoms with Gasteiger partial charge in [0, 0.05) is 31.9 Å². The lowest BCUT2D eigenvalue weighted by molar-refractivity contribution is -0.137. The fraction of sp³-hybridized carbons (Fsp3) is 0.308. The van der Waals surface area contributed by atoms with Crippen LogP contribution < -0.4 is 0 Å². The van der Waals surface area contributed by atoms with E-state index in [1.165, 1.54) is 16.7 Å². The van der Waals surface area contributed by atoms with Crippen molar-refractivity contribution in [1.29, 1.82) is 0 Å². The molecule has 0 saturated carbocycles. The third kappa shape index (κ3) is 3.29. The molecule has 2 rings (SSSR count). The van der Waals surface area contributed by atoms with Crippen molar-refractivity contribution in [1.82, 2.24) is 9.47 Å². The van der Waals surface area contributed by atoms with Gasteiger partial charge in [0.2, 0.25) is 0 Å². The average Bonchev–Trinajstić information content (AvgIpc) is 2.88. The molecule has 0 bridgehead atoms. The van der Waals surface area contributed by atoms with E-state index < -0.39 is 5.97 Å². The molecule has 1 saturated heterocycles. The fourth-order valence-corrected chi connectivity index (χ4v) is 3.13. The third-order valence-corrected chi connectivity index (χ3v) is 4.29. The number of amides is 1. The summed E-state index contributed by atoms with van der Waals surface area (Å²) in [6.07, 6.45) is 4.14. The number of carboxylic acid groups (broad SMARTS) is 1. The van der Waals surface area contributed by atoms with Gasteiger partial charge in [0.25, 0.3) is 5.91 Å². The van der Waals surface area contributed by atoms with Crippen LogP contribution in [-0.4, -0.2) is 37.3 Å². The Morgan fingerprint density at radius 3 is 2.90 bits per heavy atom. The Hall–Kier alpha value is -1.60. The molecule has 1 aromatic rings. The molecule has 0 atom stereocenters. The SMILES string of the molecule is Cn1cccc1/C=C1\SC(=S)N(CCCC(=O)O)C1=O. The van der Waals surface area contributed by atoms with Crippen molar-refractivity contribution in [2.24, 2.45) is 7.05 Å². The second-order valence-corrected chi connectivity index (χ2v) is 6.05. The Bertz CT molecular complexity index is 592. The number of carboxylic acids is 1. The maximum atomic E-state index is 12.2. The molecule has 1 aromatic heterocycles. The van der Waals surface area contributed by atoms with Gasteiger partial charge in [-0.05, 0) is 24.6 Å². The molecule has 0 unspecified atom stereocenters. The van der Waals surface area contributed by atoms with E-state index in [-0.39, 0.29) is 12.3 Å². The third-order valence-electron chi connectivity index (χ3n) is 2.91. The van der Waals surface area contributed by atoms with Crippen LogP contribution in [0, 0.1) is 0 Å². The smallest absolute Gasteiger partial charge is 0.303 e.